The summed E-state index contributed by atoms with van der Waals surface area (Å²) in [4.78, 5) is 0. The predicted octanol–water partition coefficient (Wildman–Crippen LogP) is 1.33. The number of thioether (sulfide) groups is 1. The van der Waals surface area contributed by atoms with Crippen LogP contribution in [0.1, 0.15) is 6.92 Å². The molecule has 0 aliphatic heterocycles. The Labute approximate surface area is 80.8 Å². The van der Waals surface area contributed by atoms with Gasteiger partial charge in [0.25, 0.3) is 0 Å². The number of rotatable bonds is 2. The lowest BCUT2D eigenvalue weighted by Gasteiger charge is -1.99. The second kappa shape index (κ2) is 5.59. The molecule has 62 valence electrons. The van der Waals surface area contributed by atoms with Crippen molar-refractivity contribution in [3.05, 3.63) is 11.3 Å². The van der Waals surface area contributed by atoms with E-state index < -0.39 is 0 Å². The summed E-state index contributed by atoms with van der Waals surface area (Å²) < 4.78 is 0.388. The van der Waals surface area contributed by atoms with Gasteiger partial charge >= 0.3 is 0 Å². The van der Waals surface area contributed by atoms with Gasteiger partial charge in [-0.05, 0) is 6.92 Å². The van der Waals surface area contributed by atoms with E-state index in [9.17, 15) is 0 Å². The summed E-state index contributed by atoms with van der Waals surface area (Å²) in [7, 11) is 0. The Morgan fingerprint density at radius 2 is 2.17 bits per heavy atom. The van der Waals surface area contributed by atoms with Crippen LogP contribution < -0.4 is 5.73 Å². The fraction of sp³-hybridized carbons (Fsp3) is 0.286. The third kappa shape index (κ3) is 3.38. The smallest absolute Gasteiger partial charge is 0.103 e. The molecule has 0 fully saturated rings. The second-order valence-electron chi connectivity index (χ2n) is 1.90. The van der Waals surface area contributed by atoms with E-state index in [0.29, 0.717) is 15.5 Å². The Balaban J connectivity index is 4.41. The maximum atomic E-state index is 8.59. The van der Waals surface area contributed by atoms with Crippen LogP contribution in [-0.2, 0) is 0 Å². The van der Waals surface area contributed by atoms with Crippen molar-refractivity contribution in [1.29, 1.82) is 10.5 Å². The van der Waals surface area contributed by atoms with Crippen LogP contribution in [0.15, 0.2) is 11.3 Å². The lowest BCUT2D eigenvalue weighted by molar-refractivity contribution is 1.29. The molecule has 0 saturated heterocycles. The molecule has 0 aliphatic rings. The van der Waals surface area contributed by atoms with Crippen molar-refractivity contribution in [2.45, 2.75) is 6.92 Å². The number of allylic oxidation sites excluding steroid dienone is 1. The van der Waals surface area contributed by atoms with Crippen molar-refractivity contribution in [3.63, 3.8) is 0 Å². The lowest BCUT2D eigenvalue weighted by atomic mass is 10.3. The minimum absolute atomic E-state index is 0.247. The molecule has 0 saturated carbocycles. The molecule has 0 aromatic rings. The van der Waals surface area contributed by atoms with Gasteiger partial charge in [-0.15, -0.1) is 0 Å². The van der Waals surface area contributed by atoms with Crippen molar-refractivity contribution in [2.24, 2.45) is 5.73 Å². The summed E-state index contributed by atoms with van der Waals surface area (Å²) >= 11 is 6.02. The van der Waals surface area contributed by atoms with E-state index in [1.165, 1.54) is 0 Å². The number of nitrogens with zero attached hydrogens (tertiary/aromatic N) is 2. The summed E-state index contributed by atoms with van der Waals surface area (Å²) in [6, 6.07) is 3.81. The number of nitriles is 2. The van der Waals surface area contributed by atoms with E-state index in [1.807, 2.05) is 12.1 Å². The van der Waals surface area contributed by atoms with Gasteiger partial charge in [-0.1, -0.05) is 24.0 Å². The fourth-order valence-corrected chi connectivity index (χ4v) is 1.39. The van der Waals surface area contributed by atoms with Crippen LogP contribution in [0.4, 0.5) is 0 Å². The maximum absolute atomic E-state index is 8.59. The fourth-order valence-electron chi connectivity index (χ4n) is 0.465. The molecule has 0 heterocycles. The minimum Gasteiger partial charge on any atom is -0.401 e. The van der Waals surface area contributed by atoms with E-state index in [0.717, 1.165) is 11.8 Å². The van der Waals surface area contributed by atoms with E-state index in [4.69, 9.17) is 28.5 Å². The molecular formula is C7H7N3S2. The second-order valence-corrected chi connectivity index (χ2v) is 3.56. The molecule has 2 N–H and O–H groups in total. The SMILES string of the molecule is C/C(N)=C(\C#N)C(=S)SCC#N. The normalized spacial score (nSPS) is 10.9. The van der Waals surface area contributed by atoms with Crippen LogP contribution in [0.2, 0.25) is 0 Å². The molecule has 0 amide bonds. The standard InChI is InChI=1S/C7H7N3S2/c1-5(10)6(4-9)7(11)12-3-2-8/h3,10H2,1H3/b6-5-. The molecule has 0 spiro atoms. The number of nitrogens with two attached hydrogens (primary N) is 1. The molecule has 0 aliphatic carbocycles. The average molecular weight is 197 g/mol. The van der Waals surface area contributed by atoms with Gasteiger partial charge in [0.05, 0.1) is 21.6 Å². The van der Waals surface area contributed by atoms with E-state index in [2.05, 4.69) is 0 Å². The Morgan fingerprint density at radius 3 is 2.50 bits per heavy atom. The Bertz CT molecular complexity index is 289. The highest BCUT2D eigenvalue weighted by Crippen LogP contribution is 2.13. The van der Waals surface area contributed by atoms with Crippen LogP contribution in [0.3, 0.4) is 0 Å². The van der Waals surface area contributed by atoms with E-state index in [-0.39, 0.29) is 5.75 Å². The van der Waals surface area contributed by atoms with Crippen LogP contribution in [0.5, 0.6) is 0 Å². The molecule has 0 bridgehead atoms. The average Bonchev–Trinajstić information content (AvgIpc) is 2.01. The van der Waals surface area contributed by atoms with E-state index >= 15 is 0 Å². The van der Waals surface area contributed by atoms with Gasteiger partial charge in [-0.2, -0.15) is 10.5 Å². The van der Waals surface area contributed by atoms with Gasteiger partial charge < -0.3 is 5.73 Å². The first kappa shape index (κ1) is 11.0. The Morgan fingerprint density at radius 1 is 1.58 bits per heavy atom. The zero-order valence-corrected chi connectivity index (χ0v) is 8.13. The maximum Gasteiger partial charge on any atom is 0.103 e. The third-order valence-electron chi connectivity index (χ3n) is 0.978. The number of thiocarbonyl (C=S) groups is 1. The van der Waals surface area contributed by atoms with Gasteiger partial charge in [0, 0.05) is 5.70 Å². The van der Waals surface area contributed by atoms with Crippen LogP contribution in [0, 0.1) is 22.7 Å². The summed E-state index contributed by atoms with van der Waals surface area (Å²) in [5, 5.41) is 16.8. The molecular weight excluding hydrogens is 190 g/mol. The summed E-state index contributed by atoms with van der Waals surface area (Å²) in [5.74, 6) is 0.247. The van der Waals surface area contributed by atoms with Crippen molar-refractivity contribution < 1.29 is 0 Å². The molecule has 12 heavy (non-hydrogen) atoms. The first-order chi connectivity index (χ1) is 5.63. The molecule has 0 rings (SSSR count). The summed E-state index contributed by atoms with van der Waals surface area (Å²) in [6.07, 6.45) is 0. The summed E-state index contributed by atoms with van der Waals surface area (Å²) in [5.41, 5.74) is 6.09. The van der Waals surface area contributed by atoms with Crippen molar-refractivity contribution in [2.75, 3.05) is 5.75 Å². The molecule has 0 aromatic heterocycles. The molecule has 0 aromatic carbocycles. The largest absolute Gasteiger partial charge is 0.401 e. The highest BCUT2D eigenvalue weighted by Gasteiger charge is 2.06. The number of hydrogen-bond acceptors (Lipinski definition) is 5. The highest BCUT2D eigenvalue weighted by molar-refractivity contribution is 8.23. The molecule has 3 nitrogen and oxygen atoms in total. The quantitative estimate of drug-likeness (QED) is 0.410. The van der Waals surface area contributed by atoms with Gasteiger partial charge in [-0.25, -0.2) is 0 Å². The van der Waals surface area contributed by atoms with Crippen LogP contribution in [0.25, 0.3) is 0 Å². The molecule has 0 atom stereocenters. The van der Waals surface area contributed by atoms with Gasteiger partial charge in [0.1, 0.15) is 6.07 Å². The monoisotopic (exact) mass is 197 g/mol. The van der Waals surface area contributed by atoms with Gasteiger partial charge in [0.15, 0.2) is 0 Å². The van der Waals surface area contributed by atoms with Crippen LogP contribution >= 0.6 is 24.0 Å². The van der Waals surface area contributed by atoms with Crippen LogP contribution in [-0.4, -0.2) is 9.95 Å². The van der Waals surface area contributed by atoms with Crippen molar-refractivity contribution in [3.8, 4) is 12.1 Å². The number of hydrogen-bond donors (Lipinski definition) is 1. The molecule has 5 heteroatoms. The topological polar surface area (TPSA) is 73.6 Å². The van der Waals surface area contributed by atoms with Gasteiger partial charge in [0.2, 0.25) is 0 Å². The zero-order chi connectivity index (χ0) is 9.56. The Hall–Kier alpha value is -1.04. The highest BCUT2D eigenvalue weighted by atomic mass is 32.2. The van der Waals surface area contributed by atoms with E-state index in [1.54, 1.807) is 6.92 Å². The van der Waals surface area contributed by atoms with Crippen molar-refractivity contribution in [1.82, 2.24) is 0 Å². The minimum atomic E-state index is 0.247. The first-order valence-corrected chi connectivity index (χ1v) is 4.43. The third-order valence-corrected chi connectivity index (χ3v) is 2.28. The first-order valence-electron chi connectivity index (χ1n) is 3.04. The Kier molecular flexibility index (Phi) is 5.11. The molecule has 0 unspecified atom stereocenters. The zero-order valence-electron chi connectivity index (χ0n) is 6.50. The lowest BCUT2D eigenvalue weighted by Crippen LogP contribution is -2.03. The molecule has 0 radical (unpaired) electrons. The summed E-state index contributed by atoms with van der Waals surface area (Å²) in [6.45, 7) is 1.61. The predicted molar refractivity (Wildman–Crippen MR) is 53.2 cm³/mol. The van der Waals surface area contributed by atoms with Crippen molar-refractivity contribution >= 4 is 28.2 Å². The van der Waals surface area contributed by atoms with Gasteiger partial charge in [-0.3, -0.25) is 0 Å².